The minimum Gasteiger partial charge on any atom is -0.387 e. The number of rotatable bonds is 5. The average molecular weight is 319 g/mol. The molecule has 1 aromatic carbocycles. The molecule has 23 heavy (non-hydrogen) atoms. The fourth-order valence-corrected chi connectivity index (χ4v) is 2.70. The van der Waals surface area contributed by atoms with Crippen molar-refractivity contribution >= 4 is 17.5 Å². The number of aliphatic hydroxyl groups is 1. The summed E-state index contributed by atoms with van der Waals surface area (Å²) in [5.41, 5.74) is 1.73. The molecule has 1 saturated carbocycles. The van der Waals surface area contributed by atoms with Crippen LogP contribution in [0.5, 0.6) is 0 Å². The Morgan fingerprint density at radius 3 is 2.35 bits per heavy atom. The molecule has 3 N–H and O–H groups in total. The highest BCUT2D eigenvalue weighted by molar-refractivity contribution is 6.35. The van der Waals surface area contributed by atoms with Gasteiger partial charge >= 0.3 is 11.8 Å². The zero-order chi connectivity index (χ0) is 16.8. The molecule has 0 unspecified atom stereocenters. The largest absolute Gasteiger partial charge is 0.387 e. The molecule has 0 spiro atoms. The number of hydrogen-bond acceptors (Lipinski definition) is 4. The van der Waals surface area contributed by atoms with E-state index in [0.29, 0.717) is 5.56 Å². The van der Waals surface area contributed by atoms with Crippen LogP contribution in [0.3, 0.4) is 0 Å². The number of amides is 2. The predicted molar refractivity (Wildman–Crippen MR) is 89.1 cm³/mol. The first-order valence-corrected chi connectivity index (χ1v) is 8.01. The Labute approximate surface area is 136 Å². The summed E-state index contributed by atoms with van der Waals surface area (Å²) in [6, 6.07) is 7.52. The van der Waals surface area contributed by atoms with Gasteiger partial charge in [0.2, 0.25) is 0 Å². The van der Waals surface area contributed by atoms with Crippen LogP contribution in [0.15, 0.2) is 24.3 Å². The van der Waals surface area contributed by atoms with Gasteiger partial charge in [-0.2, -0.15) is 0 Å². The number of benzene rings is 1. The molecule has 126 valence electrons. The van der Waals surface area contributed by atoms with Gasteiger partial charge in [-0.25, -0.2) is 0 Å². The first-order valence-electron chi connectivity index (χ1n) is 8.01. The van der Waals surface area contributed by atoms with Gasteiger partial charge in [0.1, 0.15) is 0 Å². The van der Waals surface area contributed by atoms with E-state index in [-0.39, 0.29) is 12.6 Å². The molecule has 6 heteroatoms. The van der Waals surface area contributed by atoms with Crippen LogP contribution in [-0.4, -0.2) is 43.6 Å². The molecular weight excluding hydrogens is 294 g/mol. The van der Waals surface area contributed by atoms with Gasteiger partial charge < -0.3 is 20.6 Å². The van der Waals surface area contributed by atoms with Crippen molar-refractivity contribution in [2.24, 2.45) is 0 Å². The molecule has 0 bridgehead atoms. The summed E-state index contributed by atoms with van der Waals surface area (Å²) < 4.78 is 0. The Kier molecular flexibility index (Phi) is 5.98. The molecular formula is C17H25N3O3. The van der Waals surface area contributed by atoms with Gasteiger partial charge in [0, 0.05) is 32.4 Å². The quantitative estimate of drug-likeness (QED) is 0.706. The number of carbonyl (C=O) groups excluding carboxylic acids is 2. The van der Waals surface area contributed by atoms with E-state index in [1.807, 2.05) is 43.3 Å². The second kappa shape index (κ2) is 7.97. The average Bonchev–Trinajstić information content (AvgIpc) is 3.05. The lowest BCUT2D eigenvalue weighted by atomic mass is 10.1. The van der Waals surface area contributed by atoms with Crippen LogP contribution in [-0.2, 0) is 9.59 Å². The van der Waals surface area contributed by atoms with Crippen molar-refractivity contribution in [1.82, 2.24) is 10.6 Å². The van der Waals surface area contributed by atoms with Crippen LogP contribution in [0.4, 0.5) is 5.69 Å². The minimum absolute atomic E-state index is 0.0121. The summed E-state index contributed by atoms with van der Waals surface area (Å²) in [6.07, 6.45) is 3.21. The Morgan fingerprint density at radius 2 is 1.78 bits per heavy atom. The zero-order valence-electron chi connectivity index (χ0n) is 13.7. The van der Waals surface area contributed by atoms with Crippen molar-refractivity contribution in [3.63, 3.8) is 0 Å². The zero-order valence-corrected chi connectivity index (χ0v) is 13.7. The van der Waals surface area contributed by atoms with Crippen molar-refractivity contribution in [3.8, 4) is 0 Å². The molecule has 6 nitrogen and oxygen atoms in total. The van der Waals surface area contributed by atoms with E-state index in [1.54, 1.807) is 0 Å². The van der Waals surface area contributed by atoms with Gasteiger partial charge in [0.25, 0.3) is 0 Å². The van der Waals surface area contributed by atoms with E-state index >= 15 is 0 Å². The Morgan fingerprint density at radius 1 is 1.17 bits per heavy atom. The molecule has 0 heterocycles. The molecule has 1 aromatic rings. The third-order valence-electron chi connectivity index (χ3n) is 4.15. The van der Waals surface area contributed by atoms with Crippen molar-refractivity contribution in [3.05, 3.63) is 29.8 Å². The number of hydrogen-bond donors (Lipinski definition) is 3. The second-order valence-corrected chi connectivity index (χ2v) is 6.17. The molecule has 1 aliphatic rings. The first kappa shape index (κ1) is 17.3. The standard InChI is InChI=1S/C17H25N3O3/c1-20(2)14-9-7-12(8-10-14)15(21)11-18-16(22)17(23)19-13-5-3-4-6-13/h7-10,13,15,21H,3-6,11H2,1-2H3,(H,18,22)(H,19,23)/t15-/m0/s1. The number of carbonyl (C=O) groups is 2. The maximum atomic E-state index is 11.8. The summed E-state index contributed by atoms with van der Waals surface area (Å²) in [5.74, 6) is -1.31. The highest BCUT2D eigenvalue weighted by Gasteiger charge is 2.21. The van der Waals surface area contributed by atoms with Crippen molar-refractivity contribution in [2.75, 3.05) is 25.5 Å². The molecule has 1 atom stereocenters. The normalized spacial score (nSPS) is 16.0. The molecule has 0 saturated heterocycles. The molecule has 0 aliphatic heterocycles. The number of nitrogens with zero attached hydrogens (tertiary/aromatic N) is 1. The number of nitrogens with one attached hydrogen (secondary N) is 2. The van der Waals surface area contributed by atoms with Gasteiger partial charge in [-0.05, 0) is 30.5 Å². The Balaban J connectivity index is 1.79. The van der Waals surface area contributed by atoms with Crippen LogP contribution in [0, 0.1) is 0 Å². The van der Waals surface area contributed by atoms with E-state index in [2.05, 4.69) is 10.6 Å². The van der Waals surface area contributed by atoms with Crippen LogP contribution < -0.4 is 15.5 Å². The minimum atomic E-state index is -0.838. The van der Waals surface area contributed by atoms with Crippen molar-refractivity contribution in [2.45, 2.75) is 37.8 Å². The smallest absolute Gasteiger partial charge is 0.309 e. The third-order valence-corrected chi connectivity index (χ3v) is 4.15. The highest BCUT2D eigenvalue weighted by Crippen LogP contribution is 2.18. The first-order chi connectivity index (χ1) is 11.0. The van der Waals surface area contributed by atoms with Crippen molar-refractivity contribution in [1.29, 1.82) is 0 Å². The fraction of sp³-hybridized carbons (Fsp3) is 0.529. The van der Waals surface area contributed by atoms with Gasteiger partial charge in [-0.1, -0.05) is 25.0 Å². The lowest BCUT2D eigenvalue weighted by Crippen LogP contribution is -2.44. The maximum Gasteiger partial charge on any atom is 0.309 e. The number of aliphatic hydroxyl groups excluding tert-OH is 1. The summed E-state index contributed by atoms with van der Waals surface area (Å²) in [7, 11) is 3.88. The molecule has 0 aromatic heterocycles. The molecule has 2 amide bonds. The summed E-state index contributed by atoms with van der Waals surface area (Å²) in [6.45, 7) is 0.0121. The summed E-state index contributed by atoms with van der Waals surface area (Å²) in [5, 5.41) is 15.3. The van der Waals surface area contributed by atoms with Gasteiger partial charge in [0.15, 0.2) is 0 Å². The predicted octanol–water partition coefficient (Wildman–Crippen LogP) is 0.961. The van der Waals surface area contributed by atoms with Crippen LogP contribution >= 0.6 is 0 Å². The molecule has 1 fully saturated rings. The Bertz CT molecular complexity index is 537. The molecule has 2 rings (SSSR count). The van der Waals surface area contributed by atoms with Gasteiger partial charge in [0.05, 0.1) is 6.10 Å². The van der Waals surface area contributed by atoms with E-state index in [1.165, 1.54) is 0 Å². The van der Waals surface area contributed by atoms with Gasteiger partial charge in [-0.15, -0.1) is 0 Å². The van der Waals surface area contributed by atoms with Crippen molar-refractivity contribution < 1.29 is 14.7 Å². The maximum absolute atomic E-state index is 11.8. The van der Waals surface area contributed by atoms with Crippen LogP contribution in [0.25, 0.3) is 0 Å². The van der Waals surface area contributed by atoms with Crippen LogP contribution in [0.1, 0.15) is 37.4 Å². The summed E-state index contributed by atoms with van der Waals surface area (Å²) in [4.78, 5) is 25.5. The van der Waals surface area contributed by atoms with Gasteiger partial charge in [-0.3, -0.25) is 9.59 Å². The lowest BCUT2D eigenvalue weighted by molar-refractivity contribution is -0.139. The SMILES string of the molecule is CN(C)c1ccc([C@@H](O)CNC(=O)C(=O)NC2CCCC2)cc1. The van der Waals surface area contributed by atoms with Crippen LogP contribution in [0.2, 0.25) is 0 Å². The van der Waals surface area contributed by atoms with E-state index in [9.17, 15) is 14.7 Å². The summed E-state index contributed by atoms with van der Waals surface area (Å²) >= 11 is 0. The molecule has 1 aliphatic carbocycles. The fourth-order valence-electron chi connectivity index (χ4n) is 2.70. The lowest BCUT2D eigenvalue weighted by Gasteiger charge is -2.16. The highest BCUT2D eigenvalue weighted by atomic mass is 16.3. The third kappa shape index (κ3) is 4.96. The molecule has 0 radical (unpaired) electrons. The van der Waals surface area contributed by atoms with E-state index in [4.69, 9.17) is 0 Å². The van der Waals surface area contributed by atoms with E-state index < -0.39 is 17.9 Å². The number of anilines is 1. The Hall–Kier alpha value is -2.08. The van der Waals surface area contributed by atoms with E-state index in [0.717, 1.165) is 31.4 Å². The second-order valence-electron chi connectivity index (χ2n) is 6.17. The monoisotopic (exact) mass is 319 g/mol. The topological polar surface area (TPSA) is 81.7 Å².